The molecule has 0 fully saturated rings. The van der Waals surface area contributed by atoms with Crippen molar-refractivity contribution in [1.82, 2.24) is 0 Å². The second-order valence-electron chi connectivity index (χ2n) is 3.19. The van der Waals surface area contributed by atoms with Gasteiger partial charge in [-0.1, -0.05) is 6.07 Å². The second-order valence-corrected chi connectivity index (χ2v) is 3.19. The summed E-state index contributed by atoms with van der Waals surface area (Å²) in [6.07, 6.45) is -1.02. The van der Waals surface area contributed by atoms with Gasteiger partial charge in [0.2, 0.25) is 0 Å². The Balaban J connectivity index is 3.11. The largest absolute Gasteiger partial charge is 0.388 e. The summed E-state index contributed by atoms with van der Waals surface area (Å²) in [5.74, 6) is -1.42. The van der Waals surface area contributed by atoms with E-state index in [1.807, 2.05) is 0 Å². The van der Waals surface area contributed by atoms with Gasteiger partial charge in [0.05, 0.1) is 11.7 Å². The van der Waals surface area contributed by atoms with Crippen molar-refractivity contribution >= 4 is 0 Å². The zero-order valence-corrected chi connectivity index (χ0v) is 7.93. The fourth-order valence-electron chi connectivity index (χ4n) is 1.29. The monoisotopic (exact) mass is 201 g/mol. The van der Waals surface area contributed by atoms with E-state index in [0.717, 1.165) is 6.07 Å². The number of aliphatic hydroxyl groups excluding tert-OH is 1. The Labute approximate surface area is 81.4 Å². The number of aliphatic hydroxyl groups is 1. The van der Waals surface area contributed by atoms with Crippen molar-refractivity contribution in [2.45, 2.75) is 19.4 Å². The van der Waals surface area contributed by atoms with Crippen molar-refractivity contribution in [3.63, 3.8) is 0 Å². The highest BCUT2D eigenvalue weighted by Crippen LogP contribution is 2.24. The van der Waals surface area contributed by atoms with Crippen LogP contribution in [0, 0.1) is 18.6 Å². The third kappa shape index (κ3) is 2.08. The molecule has 0 aliphatic rings. The first-order valence-corrected chi connectivity index (χ1v) is 4.40. The third-order valence-electron chi connectivity index (χ3n) is 2.09. The molecule has 0 amide bonds. The van der Waals surface area contributed by atoms with Crippen LogP contribution in [-0.4, -0.2) is 11.7 Å². The molecule has 3 N–H and O–H groups in total. The van der Waals surface area contributed by atoms with E-state index in [-0.39, 0.29) is 18.5 Å². The quantitative estimate of drug-likeness (QED) is 0.781. The molecule has 1 atom stereocenters. The molecule has 2 nitrogen and oxygen atoms in total. The average molecular weight is 201 g/mol. The second kappa shape index (κ2) is 4.48. The Bertz CT molecular complexity index is 328. The van der Waals surface area contributed by atoms with Crippen LogP contribution in [0.15, 0.2) is 12.1 Å². The summed E-state index contributed by atoms with van der Waals surface area (Å²) in [4.78, 5) is 0. The van der Waals surface area contributed by atoms with Gasteiger partial charge < -0.3 is 10.8 Å². The molecule has 1 rings (SSSR count). The van der Waals surface area contributed by atoms with Gasteiger partial charge in [-0.25, -0.2) is 8.78 Å². The van der Waals surface area contributed by atoms with E-state index < -0.39 is 17.7 Å². The van der Waals surface area contributed by atoms with Crippen LogP contribution < -0.4 is 5.73 Å². The molecular formula is C10H13F2NO. The Kier molecular flexibility index (Phi) is 3.55. The van der Waals surface area contributed by atoms with Crippen molar-refractivity contribution in [2.24, 2.45) is 5.73 Å². The van der Waals surface area contributed by atoms with Crippen molar-refractivity contribution in [3.05, 3.63) is 34.9 Å². The maximum atomic E-state index is 13.4. The molecule has 14 heavy (non-hydrogen) atoms. The molecular weight excluding hydrogens is 188 g/mol. The maximum absolute atomic E-state index is 13.4. The van der Waals surface area contributed by atoms with Gasteiger partial charge in [0.15, 0.2) is 0 Å². The highest BCUT2D eigenvalue weighted by Gasteiger charge is 2.18. The van der Waals surface area contributed by atoms with Crippen LogP contribution >= 0.6 is 0 Å². The Hall–Kier alpha value is -1.00. The lowest BCUT2D eigenvalue weighted by atomic mass is 10.0. The maximum Gasteiger partial charge on any atom is 0.134 e. The summed E-state index contributed by atoms with van der Waals surface area (Å²) in [6.45, 7) is 1.71. The first kappa shape index (κ1) is 11.1. The van der Waals surface area contributed by atoms with Crippen LogP contribution in [0.25, 0.3) is 0 Å². The molecule has 0 aliphatic heterocycles. The number of halogens is 2. The topological polar surface area (TPSA) is 46.2 Å². The van der Waals surface area contributed by atoms with Crippen LogP contribution in [-0.2, 0) is 0 Å². The Morgan fingerprint density at radius 2 is 2.07 bits per heavy atom. The number of benzene rings is 1. The molecule has 0 spiro atoms. The molecule has 1 aromatic carbocycles. The predicted molar refractivity (Wildman–Crippen MR) is 49.7 cm³/mol. The minimum Gasteiger partial charge on any atom is -0.388 e. The average Bonchev–Trinajstić information content (AvgIpc) is 2.13. The number of hydrogen-bond donors (Lipinski definition) is 2. The smallest absolute Gasteiger partial charge is 0.134 e. The molecule has 0 bridgehead atoms. The van der Waals surface area contributed by atoms with Crippen LogP contribution in [0.2, 0.25) is 0 Å². The van der Waals surface area contributed by atoms with Gasteiger partial charge in [-0.3, -0.25) is 0 Å². The summed E-state index contributed by atoms with van der Waals surface area (Å²) in [6, 6.07) is 2.48. The highest BCUT2D eigenvalue weighted by atomic mass is 19.1. The molecule has 78 valence electrons. The predicted octanol–water partition coefficient (Wildman–Crippen LogP) is 1.66. The van der Waals surface area contributed by atoms with E-state index in [2.05, 4.69) is 0 Å². The Morgan fingerprint density at radius 1 is 1.43 bits per heavy atom. The van der Waals surface area contributed by atoms with Gasteiger partial charge >= 0.3 is 0 Å². The third-order valence-corrected chi connectivity index (χ3v) is 2.09. The van der Waals surface area contributed by atoms with Gasteiger partial charge in [0.1, 0.15) is 11.6 Å². The summed E-state index contributed by atoms with van der Waals surface area (Å²) in [5, 5.41) is 9.45. The number of rotatable bonds is 3. The van der Waals surface area contributed by atoms with E-state index in [1.165, 1.54) is 13.0 Å². The van der Waals surface area contributed by atoms with Crippen LogP contribution in [0.3, 0.4) is 0 Å². The minimum atomic E-state index is -1.17. The van der Waals surface area contributed by atoms with Crippen molar-refractivity contribution in [2.75, 3.05) is 6.54 Å². The molecule has 4 heteroatoms. The Morgan fingerprint density at radius 3 is 2.64 bits per heavy atom. The number of aryl methyl sites for hydroxylation is 1. The van der Waals surface area contributed by atoms with Crippen molar-refractivity contribution in [1.29, 1.82) is 0 Å². The zero-order chi connectivity index (χ0) is 10.7. The zero-order valence-electron chi connectivity index (χ0n) is 7.93. The summed E-state index contributed by atoms with van der Waals surface area (Å²) in [7, 11) is 0. The molecule has 0 saturated heterocycles. The number of nitrogens with two attached hydrogens (primary N) is 1. The molecule has 0 aromatic heterocycles. The van der Waals surface area contributed by atoms with Crippen LogP contribution in [0.4, 0.5) is 8.78 Å². The van der Waals surface area contributed by atoms with E-state index in [9.17, 15) is 13.9 Å². The van der Waals surface area contributed by atoms with E-state index in [1.54, 1.807) is 0 Å². The van der Waals surface area contributed by atoms with Crippen LogP contribution in [0.1, 0.15) is 23.7 Å². The molecule has 0 radical (unpaired) electrons. The van der Waals surface area contributed by atoms with E-state index in [4.69, 9.17) is 5.73 Å². The van der Waals surface area contributed by atoms with Gasteiger partial charge in [0, 0.05) is 0 Å². The molecule has 0 saturated carbocycles. The van der Waals surface area contributed by atoms with Gasteiger partial charge in [-0.2, -0.15) is 0 Å². The first-order valence-electron chi connectivity index (χ1n) is 4.40. The lowest BCUT2D eigenvalue weighted by Gasteiger charge is -2.12. The summed E-state index contributed by atoms with van der Waals surface area (Å²) < 4.78 is 26.6. The summed E-state index contributed by atoms with van der Waals surface area (Å²) >= 11 is 0. The lowest BCUT2D eigenvalue weighted by Crippen LogP contribution is -2.10. The van der Waals surface area contributed by atoms with Crippen molar-refractivity contribution in [3.8, 4) is 0 Å². The number of hydrogen-bond acceptors (Lipinski definition) is 2. The molecule has 1 aromatic rings. The first-order chi connectivity index (χ1) is 6.57. The SMILES string of the molecule is Cc1ccc(F)c([C@@H](O)CCN)c1F. The highest BCUT2D eigenvalue weighted by molar-refractivity contribution is 5.28. The molecule has 0 aliphatic carbocycles. The van der Waals surface area contributed by atoms with Gasteiger partial charge in [0.25, 0.3) is 0 Å². The lowest BCUT2D eigenvalue weighted by molar-refractivity contribution is 0.160. The molecule has 0 heterocycles. The summed E-state index contributed by atoms with van der Waals surface area (Å²) in [5.41, 5.74) is 5.24. The fraction of sp³-hybridized carbons (Fsp3) is 0.400. The fourth-order valence-corrected chi connectivity index (χ4v) is 1.29. The normalized spacial score (nSPS) is 12.9. The minimum absolute atomic E-state index is 0.150. The van der Waals surface area contributed by atoms with Crippen molar-refractivity contribution < 1.29 is 13.9 Å². The standard InChI is InChI=1S/C10H13F2NO/c1-6-2-3-7(11)9(10(6)12)8(14)4-5-13/h2-3,8,14H,4-5,13H2,1H3/t8-/m0/s1. The van der Waals surface area contributed by atoms with Gasteiger partial charge in [-0.15, -0.1) is 0 Å². The van der Waals surface area contributed by atoms with E-state index >= 15 is 0 Å². The van der Waals surface area contributed by atoms with Crippen LogP contribution in [0.5, 0.6) is 0 Å². The van der Waals surface area contributed by atoms with E-state index in [0.29, 0.717) is 5.56 Å². The molecule has 0 unspecified atom stereocenters. The van der Waals surface area contributed by atoms with Gasteiger partial charge in [-0.05, 0) is 31.5 Å².